The van der Waals surface area contributed by atoms with Gasteiger partial charge in [0, 0.05) is 0 Å². The number of esters is 1. The maximum Gasteiger partial charge on any atom is 0.338 e. The lowest BCUT2D eigenvalue weighted by Gasteiger charge is -2.21. The molecule has 2 aliphatic rings. The van der Waals surface area contributed by atoms with Gasteiger partial charge in [0.2, 0.25) is 0 Å². The van der Waals surface area contributed by atoms with Gasteiger partial charge in [-0.15, -0.1) is 0 Å². The summed E-state index contributed by atoms with van der Waals surface area (Å²) < 4.78 is 4.83. The molecule has 3 rings (SSSR count). The van der Waals surface area contributed by atoms with Gasteiger partial charge in [-0.2, -0.15) is 0 Å². The Labute approximate surface area is 94.9 Å². The van der Waals surface area contributed by atoms with Crippen LogP contribution in [0.2, 0.25) is 0 Å². The largest absolute Gasteiger partial charge is 0.465 e. The minimum Gasteiger partial charge on any atom is -0.465 e. The van der Waals surface area contributed by atoms with E-state index >= 15 is 0 Å². The molecular formula is C14H14O2. The van der Waals surface area contributed by atoms with Crippen molar-refractivity contribution in [3.63, 3.8) is 0 Å². The number of carbonyl (C=O) groups is 1. The lowest BCUT2D eigenvalue weighted by molar-refractivity contribution is -0.133. The lowest BCUT2D eigenvalue weighted by Crippen LogP contribution is -2.11. The molecule has 0 N–H and O–H groups in total. The lowest BCUT2D eigenvalue weighted by atomic mass is 9.84. The number of allylic oxidation sites excluding steroid dienone is 1. The van der Waals surface area contributed by atoms with Gasteiger partial charge >= 0.3 is 5.97 Å². The summed E-state index contributed by atoms with van der Waals surface area (Å²) in [6.07, 6.45) is 5.38. The second-order valence-electron chi connectivity index (χ2n) is 4.46. The van der Waals surface area contributed by atoms with Gasteiger partial charge < -0.3 is 4.74 Å². The highest BCUT2D eigenvalue weighted by atomic mass is 16.5. The highest BCUT2D eigenvalue weighted by Crippen LogP contribution is 2.44. The molecule has 0 bridgehead atoms. The highest BCUT2D eigenvalue weighted by molar-refractivity contribution is 6.17. The fourth-order valence-electron chi connectivity index (χ4n) is 2.93. The number of ether oxygens (including phenoxy) is 1. The summed E-state index contributed by atoms with van der Waals surface area (Å²) in [5, 5.41) is 0. The number of aryl methyl sites for hydroxylation is 1. The van der Waals surface area contributed by atoms with Crippen molar-refractivity contribution < 1.29 is 9.53 Å². The van der Waals surface area contributed by atoms with Crippen molar-refractivity contribution in [1.82, 2.24) is 0 Å². The van der Waals surface area contributed by atoms with Gasteiger partial charge in [-0.3, -0.25) is 0 Å². The molecule has 0 heterocycles. The molecule has 0 aliphatic heterocycles. The number of hydrogen-bond donors (Lipinski definition) is 0. The molecule has 0 amide bonds. The fraction of sp³-hybridized carbons (Fsp3) is 0.357. The van der Waals surface area contributed by atoms with Crippen molar-refractivity contribution in [2.45, 2.75) is 25.2 Å². The standard InChI is InChI=1S/C14H14O2/c1-16-14(15)12-8-7-10-6-5-9-3-2-4-11(12)13(9)10/h2-4,8,10H,5-7H2,1H3. The first-order chi connectivity index (χ1) is 7.81. The van der Waals surface area contributed by atoms with Gasteiger partial charge in [0.05, 0.1) is 12.7 Å². The third kappa shape index (κ3) is 1.22. The Morgan fingerprint density at radius 1 is 1.44 bits per heavy atom. The summed E-state index contributed by atoms with van der Waals surface area (Å²) in [7, 11) is 1.44. The molecule has 1 atom stereocenters. The van der Waals surface area contributed by atoms with Crippen molar-refractivity contribution in [3.05, 3.63) is 41.0 Å². The zero-order valence-electron chi connectivity index (χ0n) is 9.32. The van der Waals surface area contributed by atoms with Crippen molar-refractivity contribution >= 4 is 11.5 Å². The predicted octanol–water partition coefficient (Wildman–Crippen LogP) is 2.68. The Morgan fingerprint density at radius 3 is 3.12 bits per heavy atom. The molecule has 0 radical (unpaired) electrons. The van der Waals surface area contributed by atoms with Gasteiger partial charge in [-0.05, 0) is 41.9 Å². The molecule has 0 saturated carbocycles. The van der Waals surface area contributed by atoms with Gasteiger partial charge in [0.15, 0.2) is 0 Å². The van der Waals surface area contributed by atoms with Gasteiger partial charge in [0.1, 0.15) is 0 Å². The summed E-state index contributed by atoms with van der Waals surface area (Å²) in [5.41, 5.74) is 4.65. The SMILES string of the molecule is COC(=O)C1=CCC2CCc3cccc1c32. The molecule has 16 heavy (non-hydrogen) atoms. The van der Waals surface area contributed by atoms with Crippen LogP contribution in [-0.2, 0) is 16.0 Å². The number of hydrogen-bond acceptors (Lipinski definition) is 2. The third-order valence-corrected chi connectivity index (χ3v) is 3.67. The monoisotopic (exact) mass is 214 g/mol. The van der Waals surface area contributed by atoms with Crippen LogP contribution in [0.25, 0.3) is 5.57 Å². The molecule has 2 heteroatoms. The van der Waals surface area contributed by atoms with Crippen molar-refractivity contribution in [2.24, 2.45) is 0 Å². The van der Waals surface area contributed by atoms with E-state index in [2.05, 4.69) is 6.07 Å². The maximum absolute atomic E-state index is 11.7. The van der Waals surface area contributed by atoms with E-state index in [0.29, 0.717) is 5.92 Å². The minimum absolute atomic E-state index is 0.209. The van der Waals surface area contributed by atoms with Crippen LogP contribution in [0, 0.1) is 0 Å². The van der Waals surface area contributed by atoms with E-state index < -0.39 is 0 Å². The highest BCUT2D eigenvalue weighted by Gasteiger charge is 2.30. The van der Waals surface area contributed by atoms with Crippen LogP contribution in [0.5, 0.6) is 0 Å². The summed E-state index contributed by atoms with van der Waals surface area (Å²) in [6.45, 7) is 0. The number of benzene rings is 1. The first kappa shape index (κ1) is 9.64. The maximum atomic E-state index is 11.7. The Balaban J connectivity index is 2.16. The molecule has 2 nitrogen and oxygen atoms in total. The predicted molar refractivity (Wildman–Crippen MR) is 62.1 cm³/mol. The normalized spacial score (nSPS) is 21.3. The molecule has 1 unspecified atom stereocenters. The van der Waals surface area contributed by atoms with Crippen LogP contribution >= 0.6 is 0 Å². The molecule has 1 aromatic carbocycles. The zero-order chi connectivity index (χ0) is 11.1. The molecule has 1 aromatic rings. The Kier molecular flexibility index (Phi) is 2.10. The smallest absolute Gasteiger partial charge is 0.338 e. The van der Waals surface area contributed by atoms with Crippen LogP contribution in [0.1, 0.15) is 35.4 Å². The van der Waals surface area contributed by atoms with Crippen LogP contribution < -0.4 is 0 Å². The molecule has 0 aromatic heterocycles. The number of rotatable bonds is 1. The average Bonchev–Trinajstić information content (AvgIpc) is 2.74. The zero-order valence-corrected chi connectivity index (χ0v) is 9.32. The summed E-state index contributed by atoms with van der Waals surface area (Å²) in [6, 6.07) is 6.26. The van der Waals surface area contributed by atoms with Crippen LogP contribution in [0.3, 0.4) is 0 Å². The fourth-order valence-corrected chi connectivity index (χ4v) is 2.93. The summed E-state index contributed by atoms with van der Waals surface area (Å²) in [4.78, 5) is 11.7. The van der Waals surface area contributed by atoms with Crippen LogP contribution in [0.15, 0.2) is 24.3 Å². The molecule has 82 valence electrons. The van der Waals surface area contributed by atoms with Gasteiger partial charge in [0.25, 0.3) is 0 Å². The van der Waals surface area contributed by atoms with E-state index in [9.17, 15) is 4.79 Å². The van der Waals surface area contributed by atoms with E-state index in [-0.39, 0.29) is 5.97 Å². The van der Waals surface area contributed by atoms with Crippen molar-refractivity contribution in [1.29, 1.82) is 0 Å². The first-order valence-corrected chi connectivity index (χ1v) is 5.72. The van der Waals surface area contributed by atoms with Crippen LogP contribution in [0.4, 0.5) is 0 Å². The number of methoxy groups -OCH3 is 1. The van der Waals surface area contributed by atoms with E-state index in [4.69, 9.17) is 4.74 Å². The van der Waals surface area contributed by atoms with Gasteiger partial charge in [-0.25, -0.2) is 4.79 Å². The first-order valence-electron chi connectivity index (χ1n) is 5.72. The molecule has 2 aliphatic carbocycles. The summed E-state index contributed by atoms with van der Waals surface area (Å²) in [5.74, 6) is 0.415. The molecular weight excluding hydrogens is 200 g/mol. The topological polar surface area (TPSA) is 26.3 Å². The van der Waals surface area contributed by atoms with Crippen molar-refractivity contribution in [3.8, 4) is 0 Å². The third-order valence-electron chi connectivity index (χ3n) is 3.67. The van der Waals surface area contributed by atoms with E-state index in [0.717, 1.165) is 24.0 Å². The Hall–Kier alpha value is -1.57. The van der Waals surface area contributed by atoms with Gasteiger partial charge in [-0.1, -0.05) is 24.3 Å². The Morgan fingerprint density at radius 2 is 2.31 bits per heavy atom. The number of carbonyl (C=O) groups excluding carboxylic acids is 1. The van der Waals surface area contributed by atoms with E-state index in [1.54, 1.807) is 0 Å². The second kappa shape index (κ2) is 3.48. The van der Waals surface area contributed by atoms with E-state index in [1.165, 1.54) is 24.7 Å². The second-order valence-corrected chi connectivity index (χ2v) is 4.46. The quantitative estimate of drug-likeness (QED) is 0.672. The molecule has 0 spiro atoms. The molecule has 0 saturated heterocycles. The van der Waals surface area contributed by atoms with E-state index in [1.807, 2.05) is 18.2 Å². The Bertz CT molecular complexity index is 486. The van der Waals surface area contributed by atoms with Crippen LogP contribution in [-0.4, -0.2) is 13.1 Å². The molecule has 0 fully saturated rings. The minimum atomic E-state index is -0.209. The average molecular weight is 214 g/mol. The summed E-state index contributed by atoms with van der Waals surface area (Å²) >= 11 is 0. The van der Waals surface area contributed by atoms with Crippen molar-refractivity contribution in [2.75, 3.05) is 7.11 Å².